The molecule has 3 rings (SSSR count). The van der Waals surface area contributed by atoms with Crippen molar-refractivity contribution >= 4 is 21.6 Å². The Morgan fingerprint density at radius 1 is 1.32 bits per heavy atom. The smallest absolute Gasteiger partial charge is 0.360 e. The van der Waals surface area contributed by atoms with Crippen molar-refractivity contribution in [3.05, 3.63) is 35.0 Å². The summed E-state index contributed by atoms with van der Waals surface area (Å²) in [6.45, 7) is 3.87. The lowest BCUT2D eigenvalue weighted by atomic mass is 10.1. The Kier molecular flexibility index (Phi) is 4.28. The van der Waals surface area contributed by atoms with Crippen molar-refractivity contribution in [3.8, 4) is 5.69 Å². The lowest BCUT2D eigenvalue weighted by Crippen LogP contribution is -2.34. The summed E-state index contributed by atoms with van der Waals surface area (Å²) in [4.78, 5) is 14.5. The molecule has 0 saturated carbocycles. The summed E-state index contributed by atoms with van der Waals surface area (Å²) in [5.74, 6) is -0.914. The largest absolute Gasteiger partial charge is 0.476 e. The molecular formula is C16H20N4O4S. The van der Waals surface area contributed by atoms with Gasteiger partial charge in [0.2, 0.25) is 5.69 Å². The van der Waals surface area contributed by atoms with Crippen LogP contribution in [0.2, 0.25) is 0 Å². The molecule has 8 nitrogen and oxygen atoms in total. The number of hydrogen-bond donors (Lipinski definition) is 1. The van der Waals surface area contributed by atoms with E-state index < -0.39 is 15.8 Å². The van der Waals surface area contributed by atoms with Crippen LogP contribution in [-0.4, -0.2) is 59.1 Å². The molecule has 0 amide bonds. The molecule has 1 aliphatic rings. The van der Waals surface area contributed by atoms with Crippen LogP contribution in [0.5, 0.6) is 0 Å². The topological polar surface area (TPSA) is 105 Å². The quantitative estimate of drug-likeness (QED) is 0.869. The van der Waals surface area contributed by atoms with Gasteiger partial charge in [-0.25, -0.2) is 13.2 Å². The Hall–Kier alpha value is -2.42. The minimum atomic E-state index is -3.08. The molecule has 1 aromatic heterocycles. The second-order valence-corrected chi connectivity index (χ2v) is 8.65. The monoisotopic (exact) mass is 364 g/mol. The highest BCUT2D eigenvalue weighted by Gasteiger charge is 2.34. The van der Waals surface area contributed by atoms with Gasteiger partial charge >= 0.3 is 5.97 Å². The standard InChI is InChI=1S/C16H20N4O4S/c1-10-4-5-13(11(2)8-10)20-17-14(16(21)22)15(18-20)19(3)12-6-7-25(23,24)9-12/h4-5,8,12H,6-7,9H2,1-3H3,(H,21,22). The van der Waals surface area contributed by atoms with Crippen LogP contribution in [0.1, 0.15) is 28.0 Å². The Balaban J connectivity index is 2.02. The fraction of sp³-hybridized carbons (Fsp3) is 0.438. The average Bonchev–Trinajstić information content (AvgIpc) is 3.10. The Morgan fingerprint density at radius 2 is 2.04 bits per heavy atom. The van der Waals surface area contributed by atoms with E-state index in [1.54, 1.807) is 11.9 Å². The Bertz CT molecular complexity index is 936. The van der Waals surface area contributed by atoms with Crippen LogP contribution in [0.15, 0.2) is 18.2 Å². The summed E-state index contributed by atoms with van der Waals surface area (Å²) in [7, 11) is -1.42. The number of carbonyl (C=O) groups is 1. The highest BCUT2D eigenvalue weighted by Crippen LogP contribution is 2.25. The normalized spacial score (nSPS) is 19.1. The van der Waals surface area contributed by atoms with Crippen LogP contribution in [-0.2, 0) is 9.84 Å². The molecule has 1 aliphatic heterocycles. The van der Waals surface area contributed by atoms with Crippen LogP contribution in [0.25, 0.3) is 5.69 Å². The fourth-order valence-electron chi connectivity index (χ4n) is 3.07. The van der Waals surface area contributed by atoms with Crippen molar-refractivity contribution < 1.29 is 18.3 Å². The first kappa shape index (κ1) is 17.4. The first-order valence-corrected chi connectivity index (χ1v) is 9.71. The number of carboxylic acid groups (broad SMARTS) is 1. The molecule has 1 unspecified atom stereocenters. The van der Waals surface area contributed by atoms with E-state index in [0.717, 1.165) is 11.1 Å². The molecule has 0 aliphatic carbocycles. The van der Waals surface area contributed by atoms with Gasteiger partial charge in [-0.1, -0.05) is 17.7 Å². The highest BCUT2D eigenvalue weighted by molar-refractivity contribution is 7.91. The highest BCUT2D eigenvalue weighted by atomic mass is 32.2. The van der Waals surface area contributed by atoms with Gasteiger partial charge in [0.15, 0.2) is 15.7 Å². The zero-order valence-corrected chi connectivity index (χ0v) is 15.1. The van der Waals surface area contributed by atoms with Crippen molar-refractivity contribution in [1.82, 2.24) is 15.0 Å². The molecular weight excluding hydrogens is 344 g/mol. The summed E-state index contributed by atoms with van der Waals surface area (Å²) >= 11 is 0. The van der Waals surface area contributed by atoms with E-state index in [9.17, 15) is 18.3 Å². The van der Waals surface area contributed by atoms with Crippen molar-refractivity contribution in [2.45, 2.75) is 26.3 Å². The van der Waals surface area contributed by atoms with Crippen molar-refractivity contribution in [3.63, 3.8) is 0 Å². The van der Waals surface area contributed by atoms with E-state index in [2.05, 4.69) is 10.2 Å². The number of hydrogen-bond acceptors (Lipinski definition) is 6. The molecule has 1 aromatic carbocycles. The SMILES string of the molecule is Cc1ccc(-n2nc(C(=O)O)c(N(C)C3CCS(=O)(=O)C3)n2)c(C)c1. The van der Waals surface area contributed by atoms with Gasteiger partial charge in [0.05, 0.1) is 17.2 Å². The van der Waals surface area contributed by atoms with Gasteiger partial charge in [-0.05, 0) is 31.9 Å². The number of anilines is 1. The van der Waals surface area contributed by atoms with Gasteiger partial charge in [0.1, 0.15) is 0 Å². The fourth-order valence-corrected chi connectivity index (χ4v) is 4.84. The molecule has 0 radical (unpaired) electrons. The summed E-state index contributed by atoms with van der Waals surface area (Å²) in [5, 5.41) is 17.9. The van der Waals surface area contributed by atoms with Crippen LogP contribution >= 0.6 is 0 Å². The van der Waals surface area contributed by atoms with Gasteiger partial charge in [-0.2, -0.15) is 0 Å². The van der Waals surface area contributed by atoms with Gasteiger partial charge < -0.3 is 10.0 Å². The maximum absolute atomic E-state index is 11.7. The molecule has 1 atom stereocenters. The number of benzene rings is 1. The predicted octanol–water partition coefficient (Wildman–Crippen LogP) is 1.21. The van der Waals surface area contributed by atoms with E-state index in [0.29, 0.717) is 12.1 Å². The van der Waals surface area contributed by atoms with Gasteiger partial charge in [0.25, 0.3) is 0 Å². The van der Waals surface area contributed by atoms with Crippen LogP contribution in [0, 0.1) is 13.8 Å². The summed E-state index contributed by atoms with van der Waals surface area (Å²) in [6.07, 6.45) is 0.453. The number of rotatable bonds is 4. The second kappa shape index (κ2) is 6.14. The average molecular weight is 364 g/mol. The van der Waals surface area contributed by atoms with Crippen molar-refractivity contribution in [1.29, 1.82) is 0 Å². The number of carboxylic acids is 1. The lowest BCUT2D eigenvalue weighted by Gasteiger charge is -2.22. The number of aromatic nitrogens is 3. The zero-order valence-electron chi connectivity index (χ0n) is 14.3. The number of aryl methyl sites for hydroxylation is 2. The molecule has 2 heterocycles. The number of nitrogens with zero attached hydrogens (tertiary/aromatic N) is 4. The molecule has 1 saturated heterocycles. The maximum atomic E-state index is 11.7. The van der Waals surface area contributed by atoms with Gasteiger partial charge in [-0.15, -0.1) is 15.0 Å². The van der Waals surface area contributed by atoms with Crippen LogP contribution < -0.4 is 4.90 Å². The molecule has 9 heteroatoms. The van der Waals surface area contributed by atoms with Crippen molar-refractivity contribution in [2.75, 3.05) is 23.5 Å². The molecule has 1 fully saturated rings. The lowest BCUT2D eigenvalue weighted by molar-refractivity contribution is 0.0690. The third kappa shape index (κ3) is 3.37. The van der Waals surface area contributed by atoms with Gasteiger partial charge in [-0.3, -0.25) is 0 Å². The van der Waals surface area contributed by atoms with E-state index in [4.69, 9.17) is 0 Å². The molecule has 1 N–H and O–H groups in total. The zero-order chi connectivity index (χ0) is 18.4. The van der Waals surface area contributed by atoms with E-state index in [1.165, 1.54) is 4.80 Å². The van der Waals surface area contributed by atoms with Gasteiger partial charge in [0, 0.05) is 13.1 Å². The summed E-state index contributed by atoms with van der Waals surface area (Å²) < 4.78 is 23.4. The summed E-state index contributed by atoms with van der Waals surface area (Å²) in [5.41, 5.74) is 2.50. The maximum Gasteiger partial charge on any atom is 0.360 e. The number of sulfone groups is 1. The second-order valence-electron chi connectivity index (χ2n) is 6.42. The predicted molar refractivity (Wildman–Crippen MR) is 93.3 cm³/mol. The van der Waals surface area contributed by atoms with Crippen molar-refractivity contribution in [2.24, 2.45) is 0 Å². The van der Waals surface area contributed by atoms with E-state index in [1.807, 2.05) is 32.0 Å². The van der Waals surface area contributed by atoms with E-state index in [-0.39, 0.29) is 29.1 Å². The third-order valence-corrected chi connectivity index (χ3v) is 6.21. The third-order valence-electron chi connectivity index (χ3n) is 4.46. The molecule has 134 valence electrons. The molecule has 2 aromatic rings. The van der Waals surface area contributed by atoms with E-state index >= 15 is 0 Å². The minimum Gasteiger partial charge on any atom is -0.476 e. The molecule has 25 heavy (non-hydrogen) atoms. The van der Waals surface area contributed by atoms with Crippen LogP contribution in [0.3, 0.4) is 0 Å². The Morgan fingerprint density at radius 3 is 2.60 bits per heavy atom. The minimum absolute atomic E-state index is 0.00101. The van der Waals surface area contributed by atoms with Crippen LogP contribution in [0.4, 0.5) is 5.82 Å². The molecule has 0 bridgehead atoms. The summed E-state index contributed by atoms with van der Waals surface area (Å²) in [6, 6.07) is 5.40. The number of aromatic carboxylic acids is 1. The Labute approximate surface area is 146 Å². The molecule has 0 spiro atoms. The first-order chi connectivity index (χ1) is 11.7. The first-order valence-electron chi connectivity index (χ1n) is 7.89.